The van der Waals surface area contributed by atoms with Crippen LogP contribution in [0.1, 0.15) is 23.2 Å². The van der Waals surface area contributed by atoms with Crippen LogP contribution in [0, 0.1) is 5.82 Å². The largest absolute Gasteiger partial charge is 0.356 e. The number of nitrogens with one attached hydrogen (secondary N) is 1. The summed E-state index contributed by atoms with van der Waals surface area (Å²) in [6, 6.07) is 11.6. The van der Waals surface area contributed by atoms with Crippen molar-refractivity contribution in [1.82, 2.24) is 15.3 Å². The number of carbonyl (C=O) groups is 1. The SMILES string of the molecule is O=C(NC1CCN(c2ncnc3cc(Cl)ccc23)CC1)c1ccccc1F. The summed E-state index contributed by atoms with van der Waals surface area (Å²) in [6.45, 7) is 1.49. The Balaban J connectivity index is 1.44. The summed E-state index contributed by atoms with van der Waals surface area (Å²) >= 11 is 6.05. The van der Waals surface area contributed by atoms with E-state index in [9.17, 15) is 9.18 Å². The fourth-order valence-electron chi connectivity index (χ4n) is 3.41. The number of aromatic nitrogens is 2. The highest BCUT2D eigenvalue weighted by molar-refractivity contribution is 6.31. The van der Waals surface area contributed by atoms with Crippen molar-refractivity contribution in [2.75, 3.05) is 18.0 Å². The highest BCUT2D eigenvalue weighted by atomic mass is 35.5. The normalized spacial score (nSPS) is 15.1. The molecule has 0 bridgehead atoms. The molecule has 3 aromatic rings. The quantitative estimate of drug-likeness (QED) is 0.745. The van der Waals surface area contributed by atoms with Crippen LogP contribution in [0.5, 0.6) is 0 Å². The van der Waals surface area contributed by atoms with E-state index in [4.69, 9.17) is 11.6 Å². The molecular weight excluding hydrogens is 367 g/mol. The lowest BCUT2D eigenvalue weighted by atomic mass is 10.0. The van der Waals surface area contributed by atoms with Crippen molar-refractivity contribution in [3.63, 3.8) is 0 Å². The highest BCUT2D eigenvalue weighted by Crippen LogP contribution is 2.27. The van der Waals surface area contributed by atoms with Crippen LogP contribution in [-0.2, 0) is 0 Å². The van der Waals surface area contributed by atoms with E-state index in [0.29, 0.717) is 5.02 Å². The molecule has 1 aliphatic heterocycles. The molecule has 1 amide bonds. The van der Waals surface area contributed by atoms with Gasteiger partial charge in [0.25, 0.3) is 5.91 Å². The zero-order valence-corrected chi connectivity index (χ0v) is 15.3. The lowest BCUT2D eigenvalue weighted by Gasteiger charge is -2.33. The first-order chi connectivity index (χ1) is 13.1. The molecule has 0 unspecified atom stereocenters. The van der Waals surface area contributed by atoms with Crippen LogP contribution >= 0.6 is 11.6 Å². The van der Waals surface area contributed by atoms with Crippen LogP contribution in [0.25, 0.3) is 10.9 Å². The van der Waals surface area contributed by atoms with Crippen molar-refractivity contribution in [3.05, 3.63) is 65.2 Å². The maximum Gasteiger partial charge on any atom is 0.254 e. The van der Waals surface area contributed by atoms with Gasteiger partial charge < -0.3 is 10.2 Å². The number of amides is 1. The summed E-state index contributed by atoms with van der Waals surface area (Å²) < 4.78 is 13.8. The minimum Gasteiger partial charge on any atom is -0.356 e. The molecule has 0 spiro atoms. The van der Waals surface area contributed by atoms with Crippen molar-refractivity contribution in [3.8, 4) is 0 Å². The first-order valence-corrected chi connectivity index (χ1v) is 9.20. The van der Waals surface area contributed by atoms with E-state index < -0.39 is 5.82 Å². The minimum absolute atomic E-state index is 0.0101. The van der Waals surface area contributed by atoms with E-state index in [-0.39, 0.29) is 17.5 Å². The molecule has 4 rings (SSSR count). The summed E-state index contributed by atoms with van der Waals surface area (Å²) in [7, 11) is 0. The van der Waals surface area contributed by atoms with Gasteiger partial charge in [-0.05, 0) is 43.2 Å². The van der Waals surface area contributed by atoms with E-state index in [2.05, 4.69) is 20.2 Å². The van der Waals surface area contributed by atoms with Crippen molar-refractivity contribution >= 4 is 34.2 Å². The van der Waals surface area contributed by atoms with E-state index in [1.165, 1.54) is 12.1 Å². The second kappa shape index (κ2) is 7.48. The first-order valence-electron chi connectivity index (χ1n) is 8.82. The average Bonchev–Trinajstić information content (AvgIpc) is 2.68. The number of halogens is 2. The highest BCUT2D eigenvalue weighted by Gasteiger charge is 2.24. The molecule has 27 heavy (non-hydrogen) atoms. The van der Waals surface area contributed by atoms with Gasteiger partial charge in [0, 0.05) is 29.5 Å². The standard InChI is InChI=1S/C20H18ClFN4O/c21-13-5-6-16-18(11-13)23-12-24-19(16)26-9-7-14(8-10-26)25-20(27)15-3-1-2-4-17(15)22/h1-6,11-12,14H,7-10H2,(H,25,27). The van der Waals surface area contributed by atoms with Gasteiger partial charge in [0.1, 0.15) is 18.0 Å². The topological polar surface area (TPSA) is 58.1 Å². The van der Waals surface area contributed by atoms with E-state index in [0.717, 1.165) is 42.7 Å². The smallest absolute Gasteiger partial charge is 0.254 e. The van der Waals surface area contributed by atoms with E-state index >= 15 is 0 Å². The molecule has 0 radical (unpaired) electrons. The van der Waals surface area contributed by atoms with E-state index in [1.54, 1.807) is 18.5 Å². The predicted octanol–water partition coefficient (Wildman–Crippen LogP) is 3.82. The van der Waals surface area contributed by atoms with Gasteiger partial charge in [0.2, 0.25) is 0 Å². The Morgan fingerprint density at radius 1 is 1.15 bits per heavy atom. The van der Waals surface area contributed by atoms with Crippen LogP contribution in [0.3, 0.4) is 0 Å². The molecule has 1 N–H and O–H groups in total. The fourth-order valence-corrected chi connectivity index (χ4v) is 3.58. The van der Waals surface area contributed by atoms with Gasteiger partial charge in [-0.2, -0.15) is 0 Å². The molecule has 1 fully saturated rings. The summed E-state index contributed by atoms with van der Waals surface area (Å²) in [4.78, 5) is 23.2. The number of carbonyl (C=O) groups excluding carboxylic acids is 1. The Hall–Kier alpha value is -2.73. The van der Waals surface area contributed by atoms with Crippen LogP contribution < -0.4 is 10.2 Å². The number of fused-ring (bicyclic) bond motifs is 1. The molecule has 1 aliphatic rings. The summed E-state index contributed by atoms with van der Waals surface area (Å²) in [5.41, 5.74) is 0.890. The molecule has 2 aromatic carbocycles. The van der Waals surface area contributed by atoms with Crippen LogP contribution in [0.4, 0.5) is 10.2 Å². The van der Waals surface area contributed by atoms with Crippen molar-refractivity contribution in [2.45, 2.75) is 18.9 Å². The Morgan fingerprint density at radius 3 is 2.70 bits per heavy atom. The van der Waals surface area contributed by atoms with Crippen molar-refractivity contribution < 1.29 is 9.18 Å². The van der Waals surface area contributed by atoms with Gasteiger partial charge in [-0.25, -0.2) is 14.4 Å². The number of piperidine rings is 1. The van der Waals surface area contributed by atoms with Gasteiger partial charge in [-0.3, -0.25) is 4.79 Å². The number of benzene rings is 2. The Kier molecular flexibility index (Phi) is 4.90. The third-order valence-corrected chi connectivity index (χ3v) is 5.06. The molecule has 0 atom stereocenters. The zero-order valence-electron chi connectivity index (χ0n) is 14.5. The molecule has 7 heteroatoms. The second-order valence-electron chi connectivity index (χ2n) is 6.57. The van der Waals surface area contributed by atoms with Crippen LogP contribution in [0.2, 0.25) is 5.02 Å². The molecule has 138 valence electrons. The third kappa shape index (κ3) is 3.71. The third-order valence-electron chi connectivity index (χ3n) is 4.83. The summed E-state index contributed by atoms with van der Waals surface area (Å²) in [5.74, 6) is 0.00257. The summed E-state index contributed by atoms with van der Waals surface area (Å²) in [5, 5.41) is 4.53. The molecule has 0 saturated carbocycles. The number of anilines is 1. The maximum absolute atomic E-state index is 13.8. The fraction of sp³-hybridized carbons (Fsp3) is 0.250. The van der Waals surface area contributed by atoms with Crippen molar-refractivity contribution in [1.29, 1.82) is 0 Å². The Morgan fingerprint density at radius 2 is 1.93 bits per heavy atom. The van der Waals surface area contributed by atoms with Crippen LogP contribution in [-0.4, -0.2) is 35.0 Å². The van der Waals surface area contributed by atoms with Gasteiger partial charge in [0.05, 0.1) is 11.1 Å². The molecule has 0 aliphatic carbocycles. The van der Waals surface area contributed by atoms with Gasteiger partial charge in [-0.15, -0.1) is 0 Å². The zero-order chi connectivity index (χ0) is 18.8. The predicted molar refractivity (Wildman–Crippen MR) is 104 cm³/mol. The number of hydrogen-bond donors (Lipinski definition) is 1. The Bertz CT molecular complexity index is 989. The number of rotatable bonds is 3. The molecular formula is C20H18ClFN4O. The Labute approximate surface area is 161 Å². The van der Waals surface area contributed by atoms with E-state index in [1.807, 2.05) is 18.2 Å². The lowest BCUT2D eigenvalue weighted by molar-refractivity contribution is 0.0927. The molecule has 5 nitrogen and oxygen atoms in total. The van der Waals surface area contributed by atoms with Gasteiger partial charge in [0.15, 0.2) is 0 Å². The summed E-state index contributed by atoms with van der Waals surface area (Å²) in [6.07, 6.45) is 3.07. The average molecular weight is 385 g/mol. The number of hydrogen-bond acceptors (Lipinski definition) is 4. The molecule has 1 saturated heterocycles. The lowest BCUT2D eigenvalue weighted by Crippen LogP contribution is -2.45. The first kappa shape index (κ1) is 17.7. The van der Waals surface area contributed by atoms with Gasteiger partial charge in [-0.1, -0.05) is 23.7 Å². The van der Waals surface area contributed by atoms with Crippen LogP contribution in [0.15, 0.2) is 48.8 Å². The molecule has 2 heterocycles. The monoisotopic (exact) mass is 384 g/mol. The second-order valence-corrected chi connectivity index (χ2v) is 7.01. The van der Waals surface area contributed by atoms with Crippen molar-refractivity contribution in [2.24, 2.45) is 0 Å². The number of nitrogens with zero attached hydrogens (tertiary/aromatic N) is 3. The molecule has 1 aromatic heterocycles. The van der Waals surface area contributed by atoms with Gasteiger partial charge >= 0.3 is 0 Å². The minimum atomic E-state index is -0.501. The maximum atomic E-state index is 13.8.